The Morgan fingerprint density at radius 1 is 1.40 bits per heavy atom. The standard InChI is InChI=1S/C14H19N3O2S/c1-8(2)13-15-9(3)12(20-13)10(4)17(5)14(18)11-6-7-19-16-11/h6-8,10H,1-5H3/t10-/m1/s1. The highest BCUT2D eigenvalue weighted by molar-refractivity contribution is 7.11. The molecule has 0 unspecified atom stereocenters. The van der Waals surface area contributed by atoms with Gasteiger partial charge in [0.2, 0.25) is 0 Å². The Kier molecular flexibility index (Phi) is 4.23. The Morgan fingerprint density at radius 3 is 2.60 bits per heavy atom. The second-order valence-corrected chi connectivity index (χ2v) is 6.20. The first-order valence-corrected chi connectivity index (χ1v) is 7.38. The van der Waals surface area contributed by atoms with E-state index in [1.54, 1.807) is 29.4 Å². The van der Waals surface area contributed by atoms with Crippen molar-refractivity contribution in [1.29, 1.82) is 0 Å². The van der Waals surface area contributed by atoms with Gasteiger partial charge in [-0.05, 0) is 13.8 Å². The number of amides is 1. The highest BCUT2D eigenvalue weighted by Crippen LogP contribution is 2.32. The van der Waals surface area contributed by atoms with Crippen molar-refractivity contribution in [3.8, 4) is 0 Å². The van der Waals surface area contributed by atoms with Gasteiger partial charge in [0.1, 0.15) is 6.26 Å². The van der Waals surface area contributed by atoms with Gasteiger partial charge in [-0.25, -0.2) is 4.98 Å². The lowest BCUT2D eigenvalue weighted by Gasteiger charge is -2.23. The van der Waals surface area contributed by atoms with Crippen LogP contribution in [0.1, 0.15) is 58.8 Å². The molecule has 0 aromatic carbocycles. The fraction of sp³-hybridized carbons (Fsp3) is 0.500. The van der Waals surface area contributed by atoms with Crippen LogP contribution in [-0.2, 0) is 0 Å². The second-order valence-electron chi connectivity index (χ2n) is 5.13. The smallest absolute Gasteiger partial charge is 0.276 e. The van der Waals surface area contributed by atoms with E-state index in [4.69, 9.17) is 4.52 Å². The molecule has 0 aliphatic rings. The van der Waals surface area contributed by atoms with Crippen molar-refractivity contribution in [2.45, 2.75) is 39.7 Å². The van der Waals surface area contributed by atoms with Crippen LogP contribution in [0.5, 0.6) is 0 Å². The first kappa shape index (κ1) is 14.7. The molecular formula is C14H19N3O2S. The molecule has 20 heavy (non-hydrogen) atoms. The van der Waals surface area contributed by atoms with E-state index in [1.807, 2.05) is 13.8 Å². The number of hydrogen-bond acceptors (Lipinski definition) is 5. The number of thiazole rings is 1. The van der Waals surface area contributed by atoms with Crippen LogP contribution in [-0.4, -0.2) is 28.0 Å². The van der Waals surface area contributed by atoms with Gasteiger partial charge in [0.05, 0.1) is 16.7 Å². The van der Waals surface area contributed by atoms with Gasteiger partial charge in [0.25, 0.3) is 5.91 Å². The zero-order valence-corrected chi connectivity index (χ0v) is 13.2. The molecule has 2 heterocycles. The maximum Gasteiger partial charge on any atom is 0.276 e. The van der Waals surface area contributed by atoms with Crippen LogP contribution in [0.15, 0.2) is 16.9 Å². The molecule has 0 aliphatic heterocycles. The van der Waals surface area contributed by atoms with E-state index in [2.05, 4.69) is 24.0 Å². The second kappa shape index (κ2) is 5.75. The minimum atomic E-state index is -0.148. The zero-order chi connectivity index (χ0) is 14.9. The van der Waals surface area contributed by atoms with Crippen LogP contribution in [0.2, 0.25) is 0 Å². The molecule has 108 valence electrons. The van der Waals surface area contributed by atoms with Gasteiger partial charge in [0.15, 0.2) is 5.69 Å². The number of carbonyl (C=O) groups is 1. The number of rotatable bonds is 4. The third-order valence-corrected chi connectivity index (χ3v) is 4.91. The molecule has 0 saturated carbocycles. The van der Waals surface area contributed by atoms with Gasteiger partial charge in [-0.2, -0.15) is 0 Å². The first-order chi connectivity index (χ1) is 9.41. The topological polar surface area (TPSA) is 59.2 Å². The molecule has 2 aromatic rings. The number of aromatic nitrogens is 2. The molecule has 0 radical (unpaired) electrons. The van der Waals surface area contributed by atoms with Crippen LogP contribution in [0.25, 0.3) is 0 Å². The summed E-state index contributed by atoms with van der Waals surface area (Å²) in [6, 6.07) is 1.54. The molecule has 6 heteroatoms. The Hall–Kier alpha value is -1.69. The fourth-order valence-electron chi connectivity index (χ4n) is 1.92. The monoisotopic (exact) mass is 293 g/mol. The van der Waals surface area contributed by atoms with Crippen LogP contribution >= 0.6 is 11.3 Å². The van der Waals surface area contributed by atoms with E-state index in [0.717, 1.165) is 15.6 Å². The third-order valence-electron chi connectivity index (χ3n) is 3.28. The summed E-state index contributed by atoms with van der Waals surface area (Å²) in [5.74, 6) is 0.251. The molecule has 2 aromatic heterocycles. The molecular weight excluding hydrogens is 274 g/mol. The van der Waals surface area contributed by atoms with E-state index in [-0.39, 0.29) is 11.9 Å². The molecule has 0 fully saturated rings. The SMILES string of the molecule is Cc1nc(C(C)C)sc1[C@@H](C)N(C)C(=O)c1ccon1. The molecule has 1 atom stereocenters. The predicted molar refractivity (Wildman–Crippen MR) is 78.0 cm³/mol. The quantitative estimate of drug-likeness (QED) is 0.867. The summed E-state index contributed by atoms with van der Waals surface area (Å²) in [5.41, 5.74) is 1.32. The average Bonchev–Trinajstić information content (AvgIpc) is 3.05. The minimum Gasteiger partial charge on any atom is -0.364 e. The van der Waals surface area contributed by atoms with E-state index in [0.29, 0.717) is 11.6 Å². The van der Waals surface area contributed by atoms with Gasteiger partial charge >= 0.3 is 0 Å². The van der Waals surface area contributed by atoms with Crippen molar-refractivity contribution in [3.63, 3.8) is 0 Å². The Balaban J connectivity index is 2.22. The Labute approximate surface area is 122 Å². The highest BCUT2D eigenvalue weighted by Gasteiger charge is 2.24. The van der Waals surface area contributed by atoms with E-state index < -0.39 is 0 Å². The molecule has 0 saturated heterocycles. The third kappa shape index (κ3) is 2.75. The van der Waals surface area contributed by atoms with Gasteiger partial charge in [-0.1, -0.05) is 19.0 Å². The van der Waals surface area contributed by atoms with Crippen molar-refractivity contribution < 1.29 is 9.32 Å². The van der Waals surface area contributed by atoms with Crippen LogP contribution in [0.3, 0.4) is 0 Å². The molecule has 0 N–H and O–H groups in total. The lowest BCUT2D eigenvalue weighted by atomic mass is 10.2. The maximum atomic E-state index is 12.3. The summed E-state index contributed by atoms with van der Waals surface area (Å²) in [5, 5.41) is 4.79. The number of carbonyl (C=O) groups excluding carboxylic acids is 1. The van der Waals surface area contributed by atoms with Crippen molar-refractivity contribution in [2.75, 3.05) is 7.05 Å². The van der Waals surface area contributed by atoms with E-state index in [1.165, 1.54) is 6.26 Å². The summed E-state index contributed by atoms with van der Waals surface area (Å²) in [7, 11) is 1.77. The summed E-state index contributed by atoms with van der Waals surface area (Å²) in [4.78, 5) is 19.6. The molecule has 1 amide bonds. The lowest BCUT2D eigenvalue weighted by molar-refractivity contribution is 0.0734. The van der Waals surface area contributed by atoms with Gasteiger partial charge in [-0.15, -0.1) is 11.3 Å². The van der Waals surface area contributed by atoms with Crippen LogP contribution in [0, 0.1) is 6.92 Å². The van der Waals surface area contributed by atoms with Crippen molar-refractivity contribution >= 4 is 17.2 Å². The summed E-state index contributed by atoms with van der Waals surface area (Å²) < 4.78 is 4.72. The number of nitrogens with zero attached hydrogens (tertiary/aromatic N) is 3. The Bertz CT molecular complexity index is 590. The number of hydrogen-bond donors (Lipinski definition) is 0. The maximum absolute atomic E-state index is 12.3. The number of aryl methyl sites for hydroxylation is 1. The largest absolute Gasteiger partial charge is 0.364 e. The zero-order valence-electron chi connectivity index (χ0n) is 12.4. The lowest BCUT2D eigenvalue weighted by Crippen LogP contribution is -2.29. The normalized spacial score (nSPS) is 12.7. The molecule has 0 spiro atoms. The summed E-state index contributed by atoms with van der Waals surface area (Å²) >= 11 is 1.67. The van der Waals surface area contributed by atoms with Gasteiger partial charge in [-0.3, -0.25) is 4.79 Å². The molecule has 0 aliphatic carbocycles. The van der Waals surface area contributed by atoms with Crippen LogP contribution in [0.4, 0.5) is 0 Å². The van der Waals surface area contributed by atoms with Crippen LogP contribution < -0.4 is 0 Å². The molecule has 2 rings (SSSR count). The summed E-state index contributed by atoms with van der Waals surface area (Å²) in [6.45, 7) is 8.24. The fourth-order valence-corrected chi connectivity index (χ4v) is 3.09. The predicted octanol–water partition coefficient (Wildman–Crippen LogP) is 3.40. The van der Waals surface area contributed by atoms with E-state index >= 15 is 0 Å². The van der Waals surface area contributed by atoms with Crippen molar-refractivity contribution in [2.24, 2.45) is 0 Å². The highest BCUT2D eigenvalue weighted by atomic mass is 32.1. The van der Waals surface area contributed by atoms with Crippen molar-refractivity contribution in [3.05, 3.63) is 33.6 Å². The van der Waals surface area contributed by atoms with Gasteiger partial charge < -0.3 is 9.42 Å². The summed E-state index contributed by atoms with van der Waals surface area (Å²) in [6.07, 6.45) is 1.40. The van der Waals surface area contributed by atoms with Crippen molar-refractivity contribution in [1.82, 2.24) is 15.0 Å². The average molecular weight is 293 g/mol. The molecule has 5 nitrogen and oxygen atoms in total. The van der Waals surface area contributed by atoms with Gasteiger partial charge in [0, 0.05) is 23.9 Å². The molecule has 0 bridgehead atoms. The Morgan fingerprint density at radius 2 is 2.10 bits per heavy atom. The van der Waals surface area contributed by atoms with E-state index in [9.17, 15) is 4.79 Å². The first-order valence-electron chi connectivity index (χ1n) is 6.56. The minimum absolute atomic E-state index is 0.0378.